The van der Waals surface area contributed by atoms with Crippen LogP contribution in [0.4, 0.5) is 5.69 Å². The average molecular weight is 452 g/mol. The molecular formula is C29H25NO4. The number of rotatable bonds is 5. The van der Waals surface area contributed by atoms with Crippen molar-refractivity contribution in [2.75, 3.05) is 11.5 Å². The molecule has 5 heteroatoms. The zero-order valence-corrected chi connectivity index (χ0v) is 19.4. The Morgan fingerprint density at radius 3 is 2.44 bits per heavy atom. The maximum Gasteiger partial charge on any atom is 0.295 e. The van der Waals surface area contributed by atoms with E-state index in [0.29, 0.717) is 34.6 Å². The predicted molar refractivity (Wildman–Crippen MR) is 134 cm³/mol. The Morgan fingerprint density at radius 1 is 1.00 bits per heavy atom. The number of amides is 1. The van der Waals surface area contributed by atoms with Crippen LogP contribution in [-0.4, -0.2) is 12.5 Å². The number of benzene rings is 3. The normalized spacial score (nSPS) is 15.0. The number of hydrogen-bond donors (Lipinski definition) is 0. The fourth-order valence-corrected chi connectivity index (χ4v) is 4.49. The Balaban J connectivity index is 1.74. The van der Waals surface area contributed by atoms with Gasteiger partial charge in [-0.1, -0.05) is 36.9 Å². The highest BCUT2D eigenvalue weighted by molar-refractivity contribution is 6.10. The molecule has 0 aliphatic carbocycles. The van der Waals surface area contributed by atoms with Gasteiger partial charge in [0.15, 0.2) is 5.43 Å². The molecule has 1 aromatic heterocycles. The Kier molecular flexibility index (Phi) is 5.33. The van der Waals surface area contributed by atoms with Crippen molar-refractivity contribution in [2.45, 2.75) is 26.8 Å². The number of carbonyl (C=O) groups excluding carboxylic acids is 1. The minimum absolute atomic E-state index is 0.0965. The zero-order chi connectivity index (χ0) is 24.0. The number of anilines is 1. The number of ether oxygens (including phenoxy) is 1. The van der Waals surface area contributed by atoms with Gasteiger partial charge in [0.2, 0.25) is 5.76 Å². The Labute approximate surface area is 197 Å². The fourth-order valence-electron chi connectivity index (χ4n) is 4.49. The molecule has 1 aliphatic heterocycles. The molecule has 1 aliphatic rings. The van der Waals surface area contributed by atoms with Crippen molar-refractivity contribution in [1.82, 2.24) is 0 Å². The van der Waals surface area contributed by atoms with E-state index < -0.39 is 6.04 Å². The lowest BCUT2D eigenvalue weighted by Gasteiger charge is -2.25. The Hall–Kier alpha value is -4.12. The molecule has 1 unspecified atom stereocenters. The summed E-state index contributed by atoms with van der Waals surface area (Å²) in [5.41, 5.74) is 5.14. The van der Waals surface area contributed by atoms with Gasteiger partial charge >= 0.3 is 0 Å². The average Bonchev–Trinajstić information content (AvgIpc) is 3.12. The molecule has 1 atom stereocenters. The molecule has 34 heavy (non-hydrogen) atoms. The first kappa shape index (κ1) is 21.7. The summed E-state index contributed by atoms with van der Waals surface area (Å²) in [6.45, 7) is 9.97. The van der Waals surface area contributed by atoms with Crippen LogP contribution in [0.15, 0.2) is 82.5 Å². The second-order valence-corrected chi connectivity index (χ2v) is 8.69. The first-order valence-corrected chi connectivity index (χ1v) is 11.2. The maximum absolute atomic E-state index is 13.8. The van der Waals surface area contributed by atoms with Crippen molar-refractivity contribution in [3.8, 4) is 5.75 Å². The van der Waals surface area contributed by atoms with Gasteiger partial charge in [0.25, 0.3) is 5.91 Å². The third kappa shape index (κ3) is 3.50. The van der Waals surface area contributed by atoms with E-state index in [-0.39, 0.29) is 17.1 Å². The summed E-state index contributed by atoms with van der Waals surface area (Å²) in [6.07, 6.45) is 1.68. The van der Waals surface area contributed by atoms with Crippen LogP contribution in [0, 0.1) is 20.8 Å². The quantitative estimate of drug-likeness (QED) is 0.348. The smallest absolute Gasteiger partial charge is 0.295 e. The topological polar surface area (TPSA) is 59.8 Å². The van der Waals surface area contributed by atoms with Crippen LogP contribution < -0.4 is 15.1 Å². The van der Waals surface area contributed by atoms with E-state index >= 15 is 0 Å². The van der Waals surface area contributed by atoms with E-state index in [2.05, 4.69) is 6.58 Å². The molecule has 0 saturated heterocycles. The molecule has 3 aromatic carbocycles. The monoisotopic (exact) mass is 451 g/mol. The lowest BCUT2D eigenvalue weighted by molar-refractivity contribution is 0.0971. The summed E-state index contributed by atoms with van der Waals surface area (Å²) < 4.78 is 11.7. The van der Waals surface area contributed by atoms with E-state index in [1.54, 1.807) is 11.0 Å². The van der Waals surface area contributed by atoms with Gasteiger partial charge in [-0.25, -0.2) is 0 Å². The highest BCUT2D eigenvalue weighted by atomic mass is 16.5. The van der Waals surface area contributed by atoms with Crippen molar-refractivity contribution >= 4 is 22.6 Å². The Morgan fingerprint density at radius 2 is 1.74 bits per heavy atom. The summed E-state index contributed by atoms with van der Waals surface area (Å²) in [7, 11) is 0. The zero-order valence-electron chi connectivity index (χ0n) is 19.4. The highest BCUT2D eigenvalue weighted by Gasteiger charge is 2.43. The number of nitrogens with zero attached hydrogens (tertiary/aromatic N) is 1. The third-order valence-electron chi connectivity index (χ3n) is 6.33. The van der Waals surface area contributed by atoms with E-state index in [0.717, 1.165) is 22.3 Å². The molecule has 0 saturated carbocycles. The van der Waals surface area contributed by atoms with Gasteiger partial charge in [-0.2, -0.15) is 0 Å². The van der Waals surface area contributed by atoms with E-state index in [1.165, 1.54) is 0 Å². The lowest BCUT2D eigenvalue weighted by Crippen LogP contribution is -2.29. The molecule has 5 nitrogen and oxygen atoms in total. The molecule has 0 bridgehead atoms. The van der Waals surface area contributed by atoms with Crippen LogP contribution >= 0.6 is 0 Å². The van der Waals surface area contributed by atoms with Crippen molar-refractivity contribution in [2.24, 2.45) is 0 Å². The molecular weight excluding hydrogens is 426 g/mol. The molecule has 170 valence electrons. The molecule has 4 aromatic rings. The van der Waals surface area contributed by atoms with Crippen LogP contribution in [0.25, 0.3) is 11.0 Å². The number of hydrogen-bond acceptors (Lipinski definition) is 4. The molecule has 1 amide bonds. The molecule has 0 radical (unpaired) electrons. The van der Waals surface area contributed by atoms with Gasteiger partial charge in [-0.3, -0.25) is 14.5 Å². The highest BCUT2D eigenvalue weighted by Crippen LogP contribution is 2.41. The van der Waals surface area contributed by atoms with Gasteiger partial charge in [0, 0.05) is 5.69 Å². The molecule has 5 rings (SSSR count). The largest absolute Gasteiger partial charge is 0.490 e. The van der Waals surface area contributed by atoms with Crippen molar-refractivity contribution < 1.29 is 13.9 Å². The number of aryl methyl sites for hydroxylation is 3. The van der Waals surface area contributed by atoms with E-state index in [4.69, 9.17) is 9.15 Å². The van der Waals surface area contributed by atoms with Crippen LogP contribution in [-0.2, 0) is 0 Å². The van der Waals surface area contributed by atoms with Crippen LogP contribution in [0.5, 0.6) is 5.75 Å². The second kappa shape index (κ2) is 8.34. The van der Waals surface area contributed by atoms with Crippen LogP contribution in [0.2, 0.25) is 0 Å². The van der Waals surface area contributed by atoms with Crippen LogP contribution in [0.3, 0.4) is 0 Å². The summed E-state index contributed by atoms with van der Waals surface area (Å²) >= 11 is 0. The molecule has 0 spiro atoms. The summed E-state index contributed by atoms with van der Waals surface area (Å²) in [6, 6.07) is 18.2. The number of fused-ring (bicyclic) bond motifs is 2. The van der Waals surface area contributed by atoms with Gasteiger partial charge < -0.3 is 9.15 Å². The van der Waals surface area contributed by atoms with E-state index in [9.17, 15) is 9.59 Å². The number of carbonyl (C=O) groups is 1. The van der Waals surface area contributed by atoms with Gasteiger partial charge in [0.1, 0.15) is 17.9 Å². The molecule has 2 heterocycles. The van der Waals surface area contributed by atoms with Crippen LogP contribution in [0.1, 0.15) is 44.4 Å². The van der Waals surface area contributed by atoms with Crippen molar-refractivity contribution in [1.29, 1.82) is 0 Å². The first-order chi connectivity index (χ1) is 16.4. The molecule has 0 fully saturated rings. The summed E-state index contributed by atoms with van der Waals surface area (Å²) in [5, 5.41) is 0.483. The first-order valence-electron chi connectivity index (χ1n) is 11.2. The SMILES string of the molecule is C=CCOc1ccc(C2c3c(oc4cc(C)c(C)cc4c3=O)C(=O)N2c2cccc(C)c2)cc1. The second-order valence-electron chi connectivity index (χ2n) is 8.69. The molecule has 0 N–H and O–H groups in total. The fraction of sp³-hybridized carbons (Fsp3) is 0.172. The Bertz CT molecular complexity index is 1500. The van der Waals surface area contributed by atoms with Gasteiger partial charge in [0.05, 0.1) is 17.0 Å². The lowest BCUT2D eigenvalue weighted by atomic mass is 9.97. The third-order valence-corrected chi connectivity index (χ3v) is 6.33. The predicted octanol–water partition coefficient (Wildman–Crippen LogP) is 6.03. The summed E-state index contributed by atoms with van der Waals surface area (Å²) in [4.78, 5) is 29.1. The van der Waals surface area contributed by atoms with Gasteiger partial charge in [-0.05, 0) is 79.4 Å². The minimum atomic E-state index is -0.611. The van der Waals surface area contributed by atoms with Gasteiger partial charge in [-0.15, -0.1) is 0 Å². The maximum atomic E-state index is 13.8. The van der Waals surface area contributed by atoms with Crippen molar-refractivity contribution in [3.05, 3.63) is 117 Å². The summed E-state index contributed by atoms with van der Waals surface area (Å²) in [5.74, 6) is 0.459. The van der Waals surface area contributed by atoms with E-state index in [1.807, 2.05) is 81.4 Å². The minimum Gasteiger partial charge on any atom is -0.490 e. The standard InChI is InChI=1S/C29H25NO4/c1-5-13-33-22-11-9-20(10-12-22)26-25-27(31)23-15-18(3)19(4)16-24(23)34-28(25)29(32)30(26)21-8-6-7-17(2)14-21/h5-12,14-16,26H,1,13H2,2-4H3. The van der Waals surface area contributed by atoms with Crippen molar-refractivity contribution in [3.63, 3.8) is 0 Å².